The standard InChI is InChI=1S/C14H14ClN3O2/c1-9-13(15)4-3-5-14(9)17-11-6-10(16-2)7-12(8-11)18(19)20/h3-8,16-17H,1-2H3. The van der Waals surface area contributed by atoms with Crippen LogP contribution < -0.4 is 10.6 Å². The van der Waals surface area contributed by atoms with Crippen molar-refractivity contribution in [2.45, 2.75) is 6.92 Å². The lowest BCUT2D eigenvalue weighted by Crippen LogP contribution is -1.98. The van der Waals surface area contributed by atoms with E-state index in [1.165, 1.54) is 12.1 Å². The van der Waals surface area contributed by atoms with E-state index in [-0.39, 0.29) is 5.69 Å². The second kappa shape index (κ2) is 5.79. The number of hydrogen-bond acceptors (Lipinski definition) is 4. The highest BCUT2D eigenvalue weighted by atomic mass is 35.5. The molecule has 0 amide bonds. The molecule has 0 aliphatic rings. The Hall–Kier alpha value is -2.27. The van der Waals surface area contributed by atoms with E-state index in [0.717, 1.165) is 11.3 Å². The maximum Gasteiger partial charge on any atom is 0.273 e. The van der Waals surface area contributed by atoms with Crippen LogP contribution in [-0.4, -0.2) is 12.0 Å². The molecule has 0 fully saturated rings. The van der Waals surface area contributed by atoms with Crippen LogP contribution in [0.1, 0.15) is 5.56 Å². The Bertz CT molecular complexity index is 659. The predicted molar refractivity (Wildman–Crippen MR) is 82.1 cm³/mol. The number of nitrogens with zero attached hydrogens (tertiary/aromatic N) is 1. The number of rotatable bonds is 4. The fraction of sp³-hybridized carbons (Fsp3) is 0.143. The highest BCUT2D eigenvalue weighted by Crippen LogP contribution is 2.30. The number of benzene rings is 2. The fourth-order valence-electron chi connectivity index (χ4n) is 1.83. The minimum atomic E-state index is -0.420. The van der Waals surface area contributed by atoms with Gasteiger partial charge >= 0.3 is 0 Å². The molecule has 0 radical (unpaired) electrons. The zero-order chi connectivity index (χ0) is 14.7. The normalized spacial score (nSPS) is 10.2. The molecule has 2 aromatic rings. The van der Waals surface area contributed by atoms with Crippen LogP contribution in [-0.2, 0) is 0 Å². The van der Waals surface area contributed by atoms with E-state index in [1.54, 1.807) is 19.2 Å². The second-order valence-electron chi connectivity index (χ2n) is 4.31. The van der Waals surface area contributed by atoms with Gasteiger partial charge in [-0.25, -0.2) is 0 Å². The maximum absolute atomic E-state index is 10.9. The third kappa shape index (κ3) is 3.00. The largest absolute Gasteiger partial charge is 0.388 e. The number of halogens is 1. The van der Waals surface area contributed by atoms with Crippen molar-refractivity contribution in [1.29, 1.82) is 0 Å². The first-order chi connectivity index (χ1) is 9.51. The molecule has 5 nitrogen and oxygen atoms in total. The Kier molecular flexibility index (Phi) is 4.10. The molecule has 0 aromatic heterocycles. The van der Waals surface area contributed by atoms with Gasteiger partial charge in [0.25, 0.3) is 5.69 Å². The summed E-state index contributed by atoms with van der Waals surface area (Å²) < 4.78 is 0. The zero-order valence-electron chi connectivity index (χ0n) is 11.1. The third-order valence-corrected chi connectivity index (χ3v) is 3.37. The van der Waals surface area contributed by atoms with E-state index < -0.39 is 4.92 Å². The Labute approximate surface area is 121 Å². The number of non-ortho nitro benzene ring substituents is 1. The predicted octanol–water partition coefficient (Wildman–Crippen LogP) is 4.34. The van der Waals surface area contributed by atoms with Crippen molar-refractivity contribution in [1.82, 2.24) is 0 Å². The summed E-state index contributed by atoms with van der Waals surface area (Å²) in [5.41, 5.74) is 3.04. The number of nitro benzene ring substituents is 1. The lowest BCUT2D eigenvalue weighted by molar-refractivity contribution is -0.384. The summed E-state index contributed by atoms with van der Waals surface area (Å²) in [7, 11) is 1.72. The average molecular weight is 292 g/mol. The molecule has 0 unspecified atom stereocenters. The SMILES string of the molecule is CNc1cc(Nc2cccc(Cl)c2C)cc([N+](=O)[O-])c1. The van der Waals surface area contributed by atoms with Crippen molar-refractivity contribution in [2.24, 2.45) is 0 Å². The summed E-state index contributed by atoms with van der Waals surface area (Å²) in [4.78, 5) is 10.5. The van der Waals surface area contributed by atoms with Gasteiger partial charge in [-0.3, -0.25) is 10.1 Å². The molecule has 0 spiro atoms. The van der Waals surface area contributed by atoms with E-state index in [0.29, 0.717) is 16.4 Å². The number of hydrogen-bond donors (Lipinski definition) is 2. The van der Waals surface area contributed by atoms with Crippen LogP contribution in [0.15, 0.2) is 36.4 Å². The molecule has 0 aliphatic heterocycles. The molecule has 0 saturated heterocycles. The lowest BCUT2D eigenvalue weighted by Gasteiger charge is -2.12. The molecule has 6 heteroatoms. The molecule has 104 valence electrons. The van der Waals surface area contributed by atoms with Crippen molar-refractivity contribution in [3.05, 3.63) is 57.1 Å². The van der Waals surface area contributed by atoms with Gasteiger partial charge in [-0.05, 0) is 30.7 Å². The summed E-state index contributed by atoms with van der Waals surface area (Å²) in [5, 5.41) is 17.6. The van der Waals surface area contributed by atoms with Crippen molar-refractivity contribution in [3.63, 3.8) is 0 Å². The van der Waals surface area contributed by atoms with Crippen molar-refractivity contribution in [2.75, 3.05) is 17.7 Å². The first-order valence-electron chi connectivity index (χ1n) is 6.00. The fourth-order valence-corrected chi connectivity index (χ4v) is 2.01. The van der Waals surface area contributed by atoms with E-state index in [1.807, 2.05) is 19.1 Å². The van der Waals surface area contributed by atoms with Gasteiger partial charge in [-0.15, -0.1) is 0 Å². The van der Waals surface area contributed by atoms with E-state index >= 15 is 0 Å². The first-order valence-corrected chi connectivity index (χ1v) is 6.38. The minimum absolute atomic E-state index is 0.0269. The Balaban J connectivity index is 2.40. The molecule has 0 saturated carbocycles. The van der Waals surface area contributed by atoms with E-state index in [2.05, 4.69) is 10.6 Å². The summed E-state index contributed by atoms with van der Waals surface area (Å²) in [5.74, 6) is 0. The van der Waals surface area contributed by atoms with Gasteiger partial charge in [-0.2, -0.15) is 0 Å². The zero-order valence-corrected chi connectivity index (χ0v) is 11.9. The van der Waals surface area contributed by atoms with Crippen LogP contribution in [0, 0.1) is 17.0 Å². The van der Waals surface area contributed by atoms with Gasteiger partial charge in [0, 0.05) is 41.3 Å². The molecule has 2 N–H and O–H groups in total. The molecule has 0 heterocycles. The minimum Gasteiger partial charge on any atom is -0.388 e. The smallest absolute Gasteiger partial charge is 0.273 e. The van der Waals surface area contributed by atoms with Crippen molar-refractivity contribution in [3.8, 4) is 0 Å². The molecular formula is C14H14ClN3O2. The van der Waals surface area contributed by atoms with E-state index in [9.17, 15) is 10.1 Å². The average Bonchev–Trinajstić information content (AvgIpc) is 2.43. The van der Waals surface area contributed by atoms with Gasteiger partial charge in [0.1, 0.15) is 0 Å². The highest BCUT2D eigenvalue weighted by molar-refractivity contribution is 6.31. The number of nitrogens with one attached hydrogen (secondary N) is 2. The van der Waals surface area contributed by atoms with Gasteiger partial charge in [0.05, 0.1) is 4.92 Å². The first kappa shape index (κ1) is 14.1. The molecule has 0 aliphatic carbocycles. The van der Waals surface area contributed by atoms with Gasteiger partial charge in [0.15, 0.2) is 0 Å². The van der Waals surface area contributed by atoms with Crippen LogP contribution in [0.5, 0.6) is 0 Å². The van der Waals surface area contributed by atoms with Gasteiger partial charge < -0.3 is 10.6 Å². The molecule has 2 rings (SSSR count). The molecule has 2 aromatic carbocycles. The Morgan fingerprint density at radius 3 is 2.55 bits per heavy atom. The van der Waals surface area contributed by atoms with Crippen molar-refractivity contribution >= 4 is 34.4 Å². The van der Waals surface area contributed by atoms with Gasteiger partial charge in [-0.1, -0.05) is 17.7 Å². The van der Waals surface area contributed by atoms with Crippen LogP contribution in [0.25, 0.3) is 0 Å². The van der Waals surface area contributed by atoms with Crippen LogP contribution in [0.2, 0.25) is 5.02 Å². The Morgan fingerprint density at radius 2 is 1.90 bits per heavy atom. The van der Waals surface area contributed by atoms with Crippen LogP contribution in [0.3, 0.4) is 0 Å². The second-order valence-corrected chi connectivity index (χ2v) is 4.72. The summed E-state index contributed by atoms with van der Waals surface area (Å²) in [6.45, 7) is 1.89. The summed E-state index contributed by atoms with van der Waals surface area (Å²) in [6.07, 6.45) is 0. The van der Waals surface area contributed by atoms with Crippen molar-refractivity contribution < 1.29 is 4.92 Å². The topological polar surface area (TPSA) is 67.2 Å². The highest BCUT2D eigenvalue weighted by Gasteiger charge is 2.10. The monoisotopic (exact) mass is 291 g/mol. The number of anilines is 3. The van der Waals surface area contributed by atoms with E-state index in [4.69, 9.17) is 11.6 Å². The molecule has 0 bridgehead atoms. The molecule has 20 heavy (non-hydrogen) atoms. The Morgan fingerprint density at radius 1 is 1.20 bits per heavy atom. The van der Waals surface area contributed by atoms with Gasteiger partial charge in [0.2, 0.25) is 0 Å². The molecular weight excluding hydrogens is 278 g/mol. The van der Waals surface area contributed by atoms with Crippen LogP contribution >= 0.6 is 11.6 Å². The quantitative estimate of drug-likeness (QED) is 0.649. The third-order valence-electron chi connectivity index (χ3n) is 2.96. The summed E-state index contributed by atoms with van der Waals surface area (Å²) >= 11 is 6.06. The molecule has 0 atom stereocenters. The lowest BCUT2D eigenvalue weighted by atomic mass is 10.2. The summed E-state index contributed by atoms with van der Waals surface area (Å²) in [6, 6.07) is 10.3. The number of nitro groups is 1. The van der Waals surface area contributed by atoms with Crippen LogP contribution in [0.4, 0.5) is 22.7 Å². The maximum atomic E-state index is 10.9.